The topological polar surface area (TPSA) is 63.8 Å². The lowest BCUT2D eigenvalue weighted by Crippen LogP contribution is -2.24. The van der Waals surface area contributed by atoms with Gasteiger partial charge in [0.25, 0.3) is 0 Å². The van der Waals surface area contributed by atoms with E-state index in [0.717, 1.165) is 5.69 Å². The lowest BCUT2D eigenvalue weighted by atomic mass is 9.98. The number of pyridine rings is 1. The molecule has 1 N–H and O–H groups in total. The van der Waals surface area contributed by atoms with Gasteiger partial charge in [-0.2, -0.15) is 0 Å². The van der Waals surface area contributed by atoms with E-state index in [2.05, 4.69) is 15.3 Å². The summed E-state index contributed by atoms with van der Waals surface area (Å²) in [6.07, 6.45) is 3.36. The minimum absolute atomic E-state index is 0.458. The fourth-order valence-electron chi connectivity index (χ4n) is 1.98. The lowest BCUT2D eigenvalue weighted by Gasteiger charge is -2.19. The molecule has 2 aromatic heterocycles. The van der Waals surface area contributed by atoms with Crippen molar-refractivity contribution >= 4 is 0 Å². The Kier molecular flexibility index (Phi) is 3.04. The number of aromatic nitrogens is 4. The first-order valence-corrected chi connectivity index (χ1v) is 6.30. The molecular weight excluding hydrogens is 252 g/mol. The van der Waals surface area contributed by atoms with Crippen LogP contribution in [-0.2, 0) is 5.60 Å². The third-order valence-electron chi connectivity index (χ3n) is 3.18. The van der Waals surface area contributed by atoms with Crippen LogP contribution in [0.2, 0.25) is 0 Å². The molecule has 0 amide bonds. The number of benzene rings is 1. The first kappa shape index (κ1) is 12.5. The molecule has 0 aliphatic carbocycles. The maximum absolute atomic E-state index is 10.6. The molecule has 0 spiro atoms. The maximum Gasteiger partial charge on any atom is 0.149 e. The van der Waals surface area contributed by atoms with Crippen LogP contribution in [0, 0.1) is 0 Å². The van der Waals surface area contributed by atoms with Gasteiger partial charge < -0.3 is 5.11 Å². The second kappa shape index (κ2) is 4.86. The smallest absolute Gasteiger partial charge is 0.149 e. The highest BCUT2D eigenvalue weighted by molar-refractivity contribution is 5.32. The number of hydrogen-bond acceptors (Lipinski definition) is 4. The number of aliphatic hydroxyl groups is 1. The van der Waals surface area contributed by atoms with Crippen LogP contribution in [0.4, 0.5) is 0 Å². The molecule has 5 heteroatoms. The van der Waals surface area contributed by atoms with Crippen LogP contribution < -0.4 is 0 Å². The van der Waals surface area contributed by atoms with Crippen molar-refractivity contribution in [1.29, 1.82) is 0 Å². The summed E-state index contributed by atoms with van der Waals surface area (Å²) in [6.45, 7) is 1.66. The number of para-hydroxylation sites is 1. The van der Waals surface area contributed by atoms with Crippen LogP contribution in [0.5, 0.6) is 0 Å². The molecule has 0 radical (unpaired) electrons. The van der Waals surface area contributed by atoms with Gasteiger partial charge in [-0.15, -0.1) is 5.10 Å². The molecule has 2 heterocycles. The fraction of sp³-hybridized carbons (Fsp3) is 0.133. The Labute approximate surface area is 116 Å². The van der Waals surface area contributed by atoms with Crippen LogP contribution in [0.3, 0.4) is 0 Å². The van der Waals surface area contributed by atoms with Crippen molar-refractivity contribution in [3.8, 4) is 5.69 Å². The molecule has 0 aliphatic heterocycles. The predicted octanol–water partition coefficient (Wildman–Crippen LogP) is 1.92. The maximum atomic E-state index is 10.6. The van der Waals surface area contributed by atoms with E-state index in [1.54, 1.807) is 36.1 Å². The van der Waals surface area contributed by atoms with Crippen molar-refractivity contribution in [3.05, 3.63) is 72.3 Å². The van der Waals surface area contributed by atoms with Gasteiger partial charge in [-0.3, -0.25) is 4.98 Å². The summed E-state index contributed by atoms with van der Waals surface area (Å²) >= 11 is 0. The average molecular weight is 266 g/mol. The standard InChI is InChI=1S/C15H14N4O/c1-15(20,13-9-5-6-10-16-13)14-11-19(18-17-14)12-7-3-2-4-8-12/h2-11,20H,1H3. The molecule has 1 atom stereocenters. The van der Waals surface area contributed by atoms with Crippen LogP contribution in [-0.4, -0.2) is 25.1 Å². The highest BCUT2D eigenvalue weighted by atomic mass is 16.3. The van der Waals surface area contributed by atoms with Gasteiger partial charge in [0.1, 0.15) is 11.3 Å². The highest BCUT2D eigenvalue weighted by Crippen LogP contribution is 2.25. The minimum Gasteiger partial charge on any atom is -0.377 e. The highest BCUT2D eigenvalue weighted by Gasteiger charge is 2.30. The summed E-state index contributed by atoms with van der Waals surface area (Å²) in [5, 5.41) is 18.8. The molecule has 0 bridgehead atoms. The zero-order chi connectivity index (χ0) is 14.0. The van der Waals surface area contributed by atoms with E-state index in [4.69, 9.17) is 0 Å². The second-order valence-electron chi connectivity index (χ2n) is 4.67. The van der Waals surface area contributed by atoms with E-state index in [1.165, 1.54) is 0 Å². The molecule has 0 saturated heterocycles. The Morgan fingerprint density at radius 1 is 1.00 bits per heavy atom. The summed E-state index contributed by atoms with van der Waals surface area (Å²) in [4.78, 5) is 4.18. The summed E-state index contributed by atoms with van der Waals surface area (Å²) in [5.41, 5.74) is 0.622. The monoisotopic (exact) mass is 266 g/mol. The number of hydrogen-bond donors (Lipinski definition) is 1. The van der Waals surface area contributed by atoms with E-state index in [9.17, 15) is 5.11 Å². The van der Waals surface area contributed by atoms with Crippen molar-refractivity contribution in [2.24, 2.45) is 0 Å². The van der Waals surface area contributed by atoms with Crippen molar-refractivity contribution in [2.75, 3.05) is 0 Å². The van der Waals surface area contributed by atoms with Gasteiger partial charge in [-0.05, 0) is 31.2 Å². The molecule has 1 unspecified atom stereocenters. The molecule has 1 aromatic carbocycles. The summed E-state index contributed by atoms with van der Waals surface area (Å²) < 4.78 is 1.63. The number of nitrogens with zero attached hydrogens (tertiary/aromatic N) is 4. The molecule has 100 valence electrons. The third-order valence-corrected chi connectivity index (χ3v) is 3.18. The van der Waals surface area contributed by atoms with E-state index in [-0.39, 0.29) is 0 Å². The van der Waals surface area contributed by atoms with Crippen molar-refractivity contribution in [2.45, 2.75) is 12.5 Å². The van der Waals surface area contributed by atoms with Crippen LogP contribution in [0.15, 0.2) is 60.9 Å². The zero-order valence-corrected chi connectivity index (χ0v) is 11.0. The molecule has 0 fully saturated rings. The first-order valence-electron chi connectivity index (χ1n) is 6.30. The quantitative estimate of drug-likeness (QED) is 0.786. The Morgan fingerprint density at radius 3 is 2.45 bits per heavy atom. The first-order chi connectivity index (χ1) is 9.68. The van der Waals surface area contributed by atoms with Crippen LogP contribution in [0.1, 0.15) is 18.3 Å². The molecule has 5 nitrogen and oxygen atoms in total. The Balaban J connectivity index is 1.98. The minimum atomic E-state index is -1.27. The van der Waals surface area contributed by atoms with Crippen molar-refractivity contribution < 1.29 is 5.11 Å². The molecule has 0 aliphatic rings. The van der Waals surface area contributed by atoms with E-state index in [0.29, 0.717) is 11.4 Å². The SMILES string of the molecule is CC(O)(c1ccccn1)c1cn(-c2ccccc2)nn1. The van der Waals surface area contributed by atoms with E-state index >= 15 is 0 Å². The van der Waals surface area contributed by atoms with Crippen molar-refractivity contribution in [1.82, 2.24) is 20.0 Å². The second-order valence-corrected chi connectivity index (χ2v) is 4.67. The molecule has 0 saturated carbocycles. The summed E-state index contributed by atoms with van der Waals surface area (Å²) in [6, 6.07) is 15.0. The molecule has 20 heavy (non-hydrogen) atoms. The van der Waals surface area contributed by atoms with Crippen LogP contribution in [0.25, 0.3) is 5.69 Å². The largest absolute Gasteiger partial charge is 0.377 e. The third kappa shape index (κ3) is 2.19. The zero-order valence-electron chi connectivity index (χ0n) is 11.0. The van der Waals surface area contributed by atoms with Gasteiger partial charge in [-0.1, -0.05) is 29.5 Å². The Morgan fingerprint density at radius 2 is 1.75 bits per heavy atom. The predicted molar refractivity (Wildman–Crippen MR) is 74.3 cm³/mol. The summed E-state index contributed by atoms with van der Waals surface area (Å²) in [5.74, 6) is 0. The summed E-state index contributed by atoms with van der Waals surface area (Å²) in [7, 11) is 0. The van der Waals surface area contributed by atoms with Gasteiger partial charge in [-0.25, -0.2) is 4.68 Å². The van der Waals surface area contributed by atoms with Gasteiger partial charge >= 0.3 is 0 Å². The van der Waals surface area contributed by atoms with E-state index in [1.807, 2.05) is 36.4 Å². The average Bonchev–Trinajstić information content (AvgIpc) is 3.00. The van der Waals surface area contributed by atoms with Gasteiger partial charge in [0.05, 0.1) is 17.6 Å². The van der Waals surface area contributed by atoms with Gasteiger partial charge in [0.2, 0.25) is 0 Å². The van der Waals surface area contributed by atoms with E-state index < -0.39 is 5.60 Å². The van der Waals surface area contributed by atoms with Gasteiger partial charge in [0.15, 0.2) is 0 Å². The normalized spacial score (nSPS) is 13.9. The lowest BCUT2D eigenvalue weighted by molar-refractivity contribution is 0.0925. The molecule has 3 aromatic rings. The fourth-order valence-corrected chi connectivity index (χ4v) is 1.98. The Bertz CT molecular complexity index is 692. The molecular formula is C15H14N4O. The molecule has 3 rings (SSSR count). The van der Waals surface area contributed by atoms with Crippen molar-refractivity contribution in [3.63, 3.8) is 0 Å². The Hall–Kier alpha value is -2.53. The van der Waals surface area contributed by atoms with Crippen LogP contribution >= 0.6 is 0 Å². The number of rotatable bonds is 3. The van der Waals surface area contributed by atoms with Gasteiger partial charge in [0, 0.05) is 6.20 Å².